The molecule has 0 fully saturated rings. The Labute approximate surface area is 88.3 Å². The first-order valence-corrected chi connectivity index (χ1v) is 5.02. The molecule has 0 bridgehead atoms. The predicted molar refractivity (Wildman–Crippen MR) is 55.2 cm³/mol. The highest BCUT2D eigenvalue weighted by Crippen LogP contribution is 2.34. The van der Waals surface area contributed by atoms with Crippen molar-refractivity contribution in [3.63, 3.8) is 0 Å². The molecule has 1 unspecified atom stereocenters. The molecule has 1 aromatic rings. The van der Waals surface area contributed by atoms with Crippen LogP contribution in [0, 0.1) is 0 Å². The topological polar surface area (TPSA) is 75.7 Å². The predicted octanol–water partition coefficient (Wildman–Crippen LogP) is 0.805. The lowest BCUT2D eigenvalue weighted by Gasteiger charge is -2.16. The molecule has 4 N–H and O–H groups in total. The third kappa shape index (κ3) is 1.84. The molecule has 1 heterocycles. The van der Waals surface area contributed by atoms with Gasteiger partial charge in [0.15, 0.2) is 0 Å². The lowest BCUT2D eigenvalue weighted by molar-refractivity contribution is 0.134. The third-order valence-electron chi connectivity index (χ3n) is 2.75. The molecule has 4 heteroatoms. The summed E-state index contributed by atoms with van der Waals surface area (Å²) in [4.78, 5) is 0. The summed E-state index contributed by atoms with van der Waals surface area (Å²) < 4.78 is 5.31. The number of aromatic hydroxyl groups is 1. The number of aliphatic hydroxyl groups excluding tert-OH is 1. The fourth-order valence-corrected chi connectivity index (χ4v) is 1.96. The van der Waals surface area contributed by atoms with Crippen molar-refractivity contribution in [1.82, 2.24) is 0 Å². The average molecular weight is 209 g/mol. The Bertz CT molecular complexity index is 365. The molecule has 82 valence electrons. The first kappa shape index (κ1) is 10.4. The minimum Gasteiger partial charge on any atom is -0.508 e. The van der Waals surface area contributed by atoms with E-state index in [-0.39, 0.29) is 18.4 Å². The smallest absolute Gasteiger partial charge is 0.120 e. The number of hydrogen-bond acceptors (Lipinski definition) is 4. The molecule has 0 radical (unpaired) electrons. The highest BCUT2D eigenvalue weighted by Gasteiger charge is 2.22. The van der Waals surface area contributed by atoms with Gasteiger partial charge in [-0.3, -0.25) is 0 Å². The summed E-state index contributed by atoms with van der Waals surface area (Å²) >= 11 is 0. The van der Waals surface area contributed by atoms with Crippen LogP contribution in [0.15, 0.2) is 12.1 Å². The van der Waals surface area contributed by atoms with E-state index in [9.17, 15) is 5.11 Å². The highest BCUT2D eigenvalue weighted by molar-refractivity contribution is 5.47. The van der Waals surface area contributed by atoms with Gasteiger partial charge in [-0.25, -0.2) is 0 Å². The van der Waals surface area contributed by atoms with E-state index in [4.69, 9.17) is 15.6 Å². The molecule has 0 aliphatic carbocycles. The van der Waals surface area contributed by atoms with Crippen molar-refractivity contribution in [3.8, 4) is 5.75 Å². The molecule has 1 atom stereocenters. The van der Waals surface area contributed by atoms with Crippen LogP contribution in [-0.2, 0) is 18.0 Å². The van der Waals surface area contributed by atoms with E-state index in [1.807, 2.05) is 6.07 Å². The van der Waals surface area contributed by atoms with Crippen LogP contribution in [0.1, 0.15) is 29.2 Å². The molecule has 1 aliphatic heterocycles. The van der Waals surface area contributed by atoms with Crippen LogP contribution in [0.3, 0.4) is 0 Å². The number of ether oxygens (including phenoxy) is 1. The Kier molecular flexibility index (Phi) is 2.90. The summed E-state index contributed by atoms with van der Waals surface area (Å²) in [6.45, 7) is 1.10. The van der Waals surface area contributed by atoms with Gasteiger partial charge in [-0.15, -0.1) is 0 Å². The van der Waals surface area contributed by atoms with Crippen LogP contribution >= 0.6 is 0 Å². The average Bonchev–Trinajstić information content (AvgIpc) is 2.65. The Hall–Kier alpha value is -1.10. The largest absolute Gasteiger partial charge is 0.508 e. The van der Waals surface area contributed by atoms with Crippen molar-refractivity contribution in [1.29, 1.82) is 0 Å². The van der Waals surface area contributed by atoms with Crippen molar-refractivity contribution < 1.29 is 14.9 Å². The standard InChI is InChI=1S/C11H15NO3/c12-9(3-4-13)11-8-6-15-5-7(8)1-2-10(11)14/h1-2,9,13-14H,3-6,12H2. The summed E-state index contributed by atoms with van der Waals surface area (Å²) in [6.07, 6.45) is 0.448. The van der Waals surface area contributed by atoms with E-state index in [0.29, 0.717) is 19.6 Å². The maximum absolute atomic E-state index is 9.75. The number of hydrogen-bond donors (Lipinski definition) is 3. The first-order valence-electron chi connectivity index (χ1n) is 5.02. The molecule has 0 spiro atoms. The summed E-state index contributed by atoms with van der Waals surface area (Å²) in [5.41, 5.74) is 8.69. The van der Waals surface area contributed by atoms with E-state index in [1.54, 1.807) is 6.07 Å². The maximum Gasteiger partial charge on any atom is 0.120 e. The number of fused-ring (bicyclic) bond motifs is 1. The molecule has 0 saturated carbocycles. The summed E-state index contributed by atoms with van der Waals surface area (Å²) in [6, 6.07) is 3.17. The third-order valence-corrected chi connectivity index (χ3v) is 2.75. The summed E-state index contributed by atoms with van der Waals surface area (Å²) in [5, 5.41) is 18.6. The van der Waals surface area contributed by atoms with Gasteiger partial charge in [0.2, 0.25) is 0 Å². The molecule has 0 aromatic heterocycles. The zero-order chi connectivity index (χ0) is 10.8. The lowest BCUT2D eigenvalue weighted by Crippen LogP contribution is -2.14. The fraction of sp³-hybridized carbons (Fsp3) is 0.455. The minimum absolute atomic E-state index is 0.0190. The Morgan fingerprint density at radius 3 is 2.93 bits per heavy atom. The van der Waals surface area contributed by atoms with E-state index in [1.165, 1.54) is 0 Å². The molecular formula is C11H15NO3. The SMILES string of the molecule is NC(CCO)c1c(O)ccc2c1COC2. The van der Waals surface area contributed by atoms with Crippen molar-refractivity contribution in [3.05, 3.63) is 28.8 Å². The maximum atomic E-state index is 9.75. The highest BCUT2D eigenvalue weighted by atomic mass is 16.5. The van der Waals surface area contributed by atoms with Gasteiger partial charge >= 0.3 is 0 Å². The molecule has 1 aliphatic rings. The Balaban J connectivity index is 2.40. The van der Waals surface area contributed by atoms with E-state index >= 15 is 0 Å². The van der Waals surface area contributed by atoms with Gasteiger partial charge in [-0.05, 0) is 23.6 Å². The van der Waals surface area contributed by atoms with Crippen molar-refractivity contribution in [2.75, 3.05) is 6.61 Å². The number of nitrogens with two attached hydrogens (primary N) is 1. The van der Waals surface area contributed by atoms with Gasteiger partial charge in [-0.2, -0.15) is 0 Å². The molecular weight excluding hydrogens is 194 g/mol. The van der Waals surface area contributed by atoms with Crippen LogP contribution in [0.25, 0.3) is 0 Å². The second-order valence-electron chi connectivity index (χ2n) is 3.75. The summed E-state index contributed by atoms with van der Waals surface area (Å²) in [7, 11) is 0. The monoisotopic (exact) mass is 209 g/mol. The number of benzene rings is 1. The molecule has 4 nitrogen and oxygen atoms in total. The number of phenolic OH excluding ortho intramolecular Hbond substituents is 1. The van der Waals surface area contributed by atoms with E-state index in [0.717, 1.165) is 16.7 Å². The van der Waals surface area contributed by atoms with Crippen LogP contribution in [-0.4, -0.2) is 16.8 Å². The zero-order valence-electron chi connectivity index (χ0n) is 8.44. The Morgan fingerprint density at radius 2 is 2.20 bits per heavy atom. The van der Waals surface area contributed by atoms with E-state index in [2.05, 4.69) is 0 Å². The molecule has 0 amide bonds. The van der Waals surface area contributed by atoms with Crippen molar-refractivity contribution in [2.45, 2.75) is 25.7 Å². The quantitative estimate of drug-likeness (QED) is 0.688. The fourth-order valence-electron chi connectivity index (χ4n) is 1.96. The molecule has 0 saturated heterocycles. The van der Waals surface area contributed by atoms with Crippen LogP contribution in [0.2, 0.25) is 0 Å². The van der Waals surface area contributed by atoms with Crippen LogP contribution < -0.4 is 5.73 Å². The number of rotatable bonds is 3. The number of phenols is 1. The second-order valence-corrected chi connectivity index (χ2v) is 3.75. The molecule has 2 rings (SSSR count). The normalized spacial score (nSPS) is 16.4. The number of aliphatic hydroxyl groups is 1. The van der Waals surface area contributed by atoms with Crippen molar-refractivity contribution in [2.24, 2.45) is 5.73 Å². The lowest BCUT2D eigenvalue weighted by atomic mass is 9.95. The zero-order valence-corrected chi connectivity index (χ0v) is 8.44. The summed E-state index contributed by atoms with van der Waals surface area (Å²) in [5.74, 6) is 0.195. The van der Waals surface area contributed by atoms with Gasteiger partial charge in [-0.1, -0.05) is 6.07 Å². The van der Waals surface area contributed by atoms with Crippen LogP contribution in [0.5, 0.6) is 5.75 Å². The van der Waals surface area contributed by atoms with Gasteiger partial charge in [0.1, 0.15) is 5.75 Å². The van der Waals surface area contributed by atoms with Gasteiger partial charge in [0.25, 0.3) is 0 Å². The van der Waals surface area contributed by atoms with Gasteiger partial charge in [0, 0.05) is 18.2 Å². The Morgan fingerprint density at radius 1 is 1.40 bits per heavy atom. The second kappa shape index (κ2) is 4.18. The minimum atomic E-state index is -0.327. The van der Waals surface area contributed by atoms with Crippen molar-refractivity contribution >= 4 is 0 Å². The first-order chi connectivity index (χ1) is 7.24. The van der Waals surface area contributed by atoms with Gasteiger partial charge < -0.3 is 20.7 Å². The van der Waals surface area contributed by atoms with E-state index < -0.39 is 0 Å². The molecule has 15 heavy (non-hydrogen) atoms. The molecule has 1 aromatic carbocycles. The van der Waals surface area contributed by atoms with Gasteiger partial charge in [0.05, 0.1) is 13.2 Å². The van der Waals surface area contributed by atoms with Crippen LogP contribution in [0.4, 0.5) is 0 Å².